The minimum atomic E-state index is 0.686. The summed E-state index contributed by atoms with van der Waals surface area (Å²) in [6.45, 7) is 13.0. The van der Waals surface area contributed by atoms with E-state index in [0.29, 0.717) is 6.73 Å². The van der Waals surface area contributed by atoms with E-state index in [2.05, 4.69) is 25.0 Å². The molecule has 0 aliphatic heterocycles. The average Bonchev–Trinajstić information content (AvgIpc) is 2.28. The highest BCUT2D eigenvalue weighted by molar-refractivity contribution is 4.78. The fourth-order valence-corrected chi connectivity index (χ4v) is 1.55. The van der Waals surface area contributed by atoms with Crippen LogP contribution in [0.1, 0.15) is 39.0 Å². The lowest BCUT2D eigenvalue weighted by molar-refractivity contribution is 0.0390. The summed E-state index contributed by atoms with van der Waals surface area (Å²) in [6, 6.07) is 0. The Morgan fingerprint density at radius 1 is 1.00 bits per heavy atom. The third kappa shape index (κ3) is 9.94. The number of ether oxygens (including phenoxy) is 1. The van der Waals surface area contributed by atoms with Crippen molar-refractivity contribution in [3.63, 3.8) is 0 Å². The molecule has 2 heteroatoms. The van der Waals surface area contributed by atoms with Crippen molar-refractivity contribution < 1.29 is 4.74 Å². The first-order valence-corrected chi connectivity index (χ1v) is 6.37. The third-order valence-corrected chi connectivity index (χ3v) is 2.44. The van der Waals surface area contributed by atoms with Crippen molar-refractivity contribution in [1.29, 1.82) is 0 Å². The average molecular weight is 225 g/mol. The summed E-state index contributed by atoms with van der Waals surface area (Å²) >= 11 is 0. The van der Waals surface area contributed by atoms with E-state index < -0.39 is 0 Å². The fraction of sp³-hybridized carbons (Fsp3) is 0.714. The van der Waals surface area contributed by atoms with Gasteiger partial charge < -0.3 is 4.74 Å². The summed E-state index contributed by atoms with van der Waals surface area (Å²) in [4.78, 5) is 2.17. The smallest absolute Gasteiger partial charge is 0.0995 e. The van der Waals surface area contributed by atoms with Crippen LogP contribution in [0.15, 0.2) is 25.3 Å². The quantitative estimate of drug-likeness (QED) is 0.286. The van der Waals surface area contributed by atoms with Gasteiger partial charge in [-0.3, -0.25) is 4.90 Å². The lowest BCUT2D eigenvalue weighted by Crippen LogP contribution is -2.27. The molecule has 0 N–H and O–H groups in total. The van der Waals surface area contributed by atoms with Gasteiger partial charge in [-0.25, -0.2) is 0 Å². The standard InChI is InChI=1S/C14H27NO/c1-4-7-8-9-10-13-16-14-15(11-5-2)12-6-3/h5-6H,2-4,7-14H2,1H3. The van der Waals surface area contributed by atoms with Gasteiger partial charge in [0.25, 0.3) is 0 Å². The molecule has 0 rings (SSSR count). The summed E-state index contributed by atoms with van der Waals surface area (Å²) in [6.07, 6.45) is 10.2. The van der Waals surface area contributed by atoms with Crippen LogP contribution in [-0.2, 0) is 4.74 Å². The van der Waals surface area contributed by atoms with E-state index in [1.54, 1.807) is 0 Å². The summed E-state index contributed by atoms with van der Waals surface area (Å²) < 4.78 is 5.61. The summed E-state index contributed by atoms with van der Waals surface area (Å²) in [5.74, 6) is 0. The van der Waals surface area contributed by atoms with Crippen LogP contribution in [0.3, 0.4) is 0 Å². The molecule has 0 radical (unpaired) electrons. The first-order valence-electron chi connectivity index (χ1n) is 6.37. The van der Waals surface area contributed by atoms with Crippen LogP contribution in [0, 0.1) is 0 Å². The van der Waals surface area contributed by atoms with Crippen LogP contribution in [0.4, 0.5) is 0 Å². The van der Waals surface area contributed by atoms with Crippen molar-refractivity contribution in [2.75, 3.05) is 26.4 Å². The monoisotopic (exact) mass is 225 g/mol. The highest BCUT2D eigenvalue weighted by Crippen LogP contribution is 2.02. The zero-order chi connectivity index (χ0) is 12.1. The van der Waals surface area contributed by atoms with E-state index in [0.717, 1.165) is 19.7 Å². The molecule has 0 atom stereocenters. The zero-order valence-electron chi connectivity index (χ0n) is 10.8. The summed E-state index contributed by atoms with van der Waals surface area (Å²) in [5.41, 5.74) is 0. The minimum Gasteiger partial charge on any atom is -0.366 e. The second-order valence-electron chi connectivity index (χ2n) is 4.06. The molecule has 0 spiro atoms. The predicted octanol–water partition coefficient (Wildman–Crippen LogP) is 3.60. The van der Waals surface area contributed by atoms with E-state index in [-0.39, 0.29) is 0 Å². The predicted molar refractivity (Wildman–Crippen MR) is 71.5 cm³/mol. The van der Waals surface area contributed by atoms with Crippen LogP contribution in [0.25, 0.3) is 0 Å². The molecule has 0 saturated heterocycles. The van der Waals surface area contributed by atoms with Gasteiger partial charge in [0.05, 0.1) is 6.73 Å². The number of nitrogens with zero attached hydrogens (tertiary/aromatic N) is 1. The van der Waals surface area contributed by atoms with Gasteiger partial charge in [-0.15, -0.1) is 13.2 Å². The Morgan fingerprint density at radius 2 is 1.62 bits per heavy atom. The van der Waals surface area contributed by atoms with Crippen molar-refractivity contribution in [2.24, 2.45) is 0 Å². The van der Waals surface area contributed by atoms with Gasteiger partial charge in [0.1, 0.15) is 0 Å². The Kier molecular flexibility index (Phi) is 12.0. The molecule has 94 valence electrons. The second kappa shape index (κ2) is 12.5. The molecule has 0 heterocycles. The highest BCUT2D eigenvalue weighted by atomic mass is 16.5. The molecule has 0 aromatic carbocycles. The number of unbranched alkanes of at least 4 members (excludes halogenated alkanes) is 4. The minimum absolute atomic E-state index is 0.686. The maximum absolute atomic E-state index is 5.61. The molecule has 0 bridgehead atoms. The van der Waals surface area contributed by atoms with E-state index in [1.165, 1.54) is 32.1 Å². The largest absolute Gasteiger partial charge is 0.366 e. The number of hydrogen-bond donors (Lipinski definition) is 0. The SMILES string of the molecule is C=CCN(CC=C)COCCCCCCC. The molecule has 16 heavy (non-hydrogen) atoms. The molecular formula is C14H27NO. The first-order chi connectivity index (χ1) is 7.85. The van der Waals surface area contributed by atoms with Gasteiger partial charge in [0.15, 0.2) is 0 Å². The van der Waals surface area contributed by atoms with Crippen LogP contribution < -0.4 is 0 Å². The Morgan fingerprint density at radius 3 is 2.19 bits per heavy atom. The van der Waals surface area contributed by atoms with Crippen LogP contribution in [-0.4, -0.2) is 31.3 Å². The summed E-state index contributed by atoms with van der Waals surface area (Å²) in [7, 11) is 0. The van der Waals surface area contributed by atoms with Gasteiger partial charge in [0, 0.05) is 19.7 Å². The Labute approximate surface area is 101 Å². The Balaban J connectivity index is 3.32. The molecule has 0 aromatic heterocycles. The second-order valence-corrected chi connectivity index (χ2v) is 4.06. The van der Waals surface area contributed by atoms with Gasteiger partial charge in [-0.1, -0.05) is 44.8 Å². The highest BCUT2D eigenvalue weighted by Gasteiger charge is 1.99. The van der Waals surface area contributed by atoms with Crippen molar-refractivity contribution in [3.8, 4) is 0 Å². The van der Waals surface area contributed by atoms with E-state index in [1.807, 2.05) is 12.2 Å². The zero-order valence-corrected chi connectivity index (χ0v) is 10.8. The molecule has 2 nitrogen and oxygen atoms in total. The lowest BCUT2D eigenvalue weighted by atomic mass is 10.2. The van der Waals surface area contributed by atoms with Crippen LogP contribution in [0.2, 0.25) is 0 Å². The molecule has 0 aromatic rings. The van der Waals surface area contributed by atoms with E-state index in [4.69, 9.17) is 4.74 Å². The third-order valence-electron chi connectivity index (χ3n) is 2.44. The van der Waals surface area contributed by atoms with Crippen LogP contribution >= 0.6 is 0 Å². The molecule has 0 aliphatic rings. The van der Waals surface area contributed by atoms with E-state index in [9.17, 15) is 0 Å². The molecule has 0 fully saturated rings. The van der Waals surface area contributed by atoms with Crippen LogP contribution in [0.5, 0.6) is 0 Å². The van der Waals surface area contributed by atoms with Gasteiger partial charge in [-0.2, -0.15) is 0 Å². The molecule has 0 unspecified atom stereocenters. The Bertz CT molecular complexity index is 158. The van der Waals surface area contributed by atoms with Crippen molar-refractivity contribution in [1.82, 2.24) is 4.90 Å². The molecular weight excluding hydrogens is 198 g/mol. The normalized spacial score (nSPS) is 10.6. The van der Waals surface area contributed by atoms with Crippen molar-refractivity contribution in [3.05, 3.63) is 25.3 Å². The summed E-state index contributed by atoms with van der Waals surface area (Å²) in [5, 5.41) is 0. The number of rotatable bonds is 12. The molecule has 0 saturated carbocycles. The molecule has 0 amide bonds. The van der Waals surface area contributed by atoms with E-state index >= 15 is 0 Å². The van der Waals surface area contributed by atoms with Crippen molar-refractivity contribution in [2.45, 2.75) is 39.0 Å². The Hall–Kier alpha value is -0.600. The van der Waals surface area contributed by atoms with Gasteiger partial charge in [0.2, 0.25) is 0 Å². The lowest BCUT2D eigenvalue weighted by Gasteiger charge is -2.18. The van der Waals surface area contributed by atoms with Gasteiger partial charge in [-0.05, 0) is 6.42 Å². The number of hydrogen-bond acceptors (Lipinski definition) is 2. The maximum atomic E-state index is 5.61. The fourth-order valence-electron chi connectivity index (χ4n) is 1.55. The topological polar surface area (TPSA) is 12.5 Å². The first kappa shape index (κ1) is 15.4. The maximum Gasteiger partial charge on any atom is 0.0995 e. The van der Waals surface area contributed by atoms with Crippen molar-refractivity contribution >= 4 is 0 Å². The molecule has 0 aliphatic carbocycles. The van der Waals surface area contributed by atoms with Gasteiger partial charge >= 0.3 is 0 Å².